The lowest BCUT2D eigenvalue weighted by molar-refractivity contribution is -0.132. The first-order valence-corrected chi connectivity index (χ1v) is 14.6. The summed E-state index contributed by atoms with van der Waals surface area (Å²) in [5.41, 5.74) is 1.91. The first kappa shape index (κ1) is 28.4. The maximum atomic E-state index is 13.5. The van der Waals surface area contributed by atoms with Crippen LogP contribution in [-0.4, -0.2) is 40.7 Å². The van der Waals surface area contributed by atoms with Gasteiger partial charge in [0, 0.05) is 16.3 Å². The Labute approximate surface area is 249 Å². The molecule has 0 radical (unpaired) electrons. The van der Waals surface area contributed by atoms with Crippen molar-refractivity contribution in [2.24, 2.45) is 0 Å². The Bertz CT molecular complexity index is 1620. The lowest BCUT2D eigenvalue weighted by Gasteiger charge is -2.23. The molecule has 1 saturated heterocycles. The lowest BCUT2D eigenvalue weighted by atomic mass is 9.95. The number of ketones is 1. The van der Waals surface area contributed by atoms with E-state index in [2.05, 4.69) is 16.8 Å². The molecule has 0 bridgehead atoms. The second-order valence-electron chi connectivity index (χ2n) is 8.84. The minimum atomic E-state index is -0.966. The number of carbonyl (C=O) groups is 2. The highest BCUT2D eigenvalue weighted by Gasteiger charge is 2.48. The second kappa shape index (κ2) is 12.6. The SMILES string of the molecule is C=CCOc1cccc(C2/C(=C(\O)c3ccc(OC)cc3)C(=O)C(=O)N2c2nnc(SCc3ccc(Cl)cc3)s2)c1. The van der Waals surface area contributed by atoms with Crippen LogP contribution in [0.15, 0.2) is 95.4 Å². The number of nitrogens with zero attached hydrogens (tertiary/aromatic N) is 3. The topological polar surface area (TPSA) is 102 Å². The third-order valence-electron chi connectivity index (χ3n) is 6.23. The van der Waals surface area contributed by atoms with Crippen LogP contribution in [0.25, 0.3) is 5.76 Å². The molecule has 1 unspecified atom stereocenters. The molecular weight excluding hydrogens is 582 g/mol. The van der Waals surface area contributed by atoms with Crippen molar-refractivity contribution in [1.82, 2.24) is 10.2 Å². The van der Waals surface area contributed by atoms with Crippen LogP contribution in [0.4, 0.5) is 5.13 Å². The molecule has 208 valence electrons. The van der Waals surface area contributed by atoms with E-state index in [1.54, 1.807) is 54.6 Å². The molecule has 1 atom stereocenters. The third kappa shape index (κ3) is 6.14. The number of halogens is 1. The largest absolute Gasteiger partial charge is 0.507 e. The number of amides is 1. The van der Waals surface area contributed by atoms with Gasteiger partial charge in [0.25, 0.3) is 5.78 Å². The van der Waals surface area contributed by atoms with Crippen molar-refractivity contribution < 1.29 is 24.2 Å². The monoisotopic (exact) mass is 605 g/mol. The number of aromatic nitrogens is 2. The maximum absolute atomic E-state index is 13.5. The van der Waals surface area contributed by atoms with Crippen molar-refractivity contribution in [3.8, 4) is 11.5 Å². The molecule has 0 saturated carbocycles. The number of rotatable bonds is 10. The predicted octanol–water partition coefficient (Wildman–Crippen LogP) is 6.68. The summed E-state index contributed by atoms with van der Waals surface area (Å²) in [5, 5.41) is 20.8. The zero-order chi connectivity index (χ0) is 28.9. The smallest absolute Gasteiger partial charge is 0.301 e. The molecule has 2 heterocycles. The number of carbonyl (C=O) groups excluding carboxylic acids is 2. The van der Waals surface area contributed by atoms with E-state index in [0.29, 0.717) is 37.7 Å². The lowest BCUT2D eigenvalue weighted by Crippen LogP contribution is -2.29. The van der Waals surface area contributed by atoms with Crippen molar-refractivity contribution in [3.63, 3.8) is 0 Å². The van der Waals surface area contributed by atoms with Gasteiger partial charge in [0.15, 0.2) is 4.34 Å². The second-order valence-corrected chi connectivity index (χ2v) is 11.5. The number of anilines is 1. The number of aliphatic hydroxyl groups is 1. The summed E-state index contributed by atoms with van der Waals surface area (Å²) in [6.07, 6.45) is 1.62. The molecule has 1 N–H and O–H groups in total. The molecule has 41 heavy (non-hydrogen) atoms. The Hall–Kier alpha value is -4.12. The number of aliphatic hydroxyl groups excluding tert-OH is 1. The van der Waals surface area contributed by atoms with E-state index in [0.717, 1.165) is 5.56 Å². The van der Waals surface area contributed by atoms with Gasteiger partial charge in [-0.25, -0.2) is 0 Å². The Kier molecular flexibility index (Phi) is 8.72. The van der Waals surface area contributed by atoms with Gasteiger partial charge in [-0.3, -0.25) is 14.5 Å². The standard InChI is InChI=1S/C30H24ClN3O5S2/c1-3-15-39-23-6-4-5-20(16-23)25-24(26(35)19-9-13-22(38-2)14-10-19)27(36)28(37)34(25)29-32-33-30(41-29)40-17-18-7-11-21(31)12-8-18/h3-14,16,25,35H,1,15,17H2,2H3/b26-24+. The molecule has 1 aliphatic heterocycles. The zero-order valence-corrected chi connectivity index (χ0v) is 24.2. The predicted molar refractivity (Wildman–Crippen MR) is 161 cm³/mol. The van der Waals surface area contributed by atoms with E-state index >= 15 is 0 Å². The normalized spacial score (nSPS) is 16.1. The van der Waals surface area contributed by atoms with Gasteiger partial charge in [-0.2, -0.15) is 0 Å². The molecule has 1 amide bonds. The Morgan fingerprint density at radius 1 is 1.10 bits per heavy atom. The van der Waals surface area contributed by atoms with E-state index in [4.69, 9.17) is 21.1 Å². The van der Waals surface area contributed by atoms with E-state index in [-0.39, 0.29) is 23.1 Å². The molecule has 0 aliphatic carbocycles. The van der Waals surface area contributed by atoms with Gasteiger partial charge in [-0.15, -0.1) is 10.2 Å². The van der Waals surface area contributed by atoms with Gasteiger partial charge < -0.3 is 14.6 Å². The van der Waals surface area contributed by atoms with Gasteiger partial charge in [0.1, 0.15) is 23.9 Å². The molecular formula is C30H24ClN3O5S2. The summed E-state index contributed by atoms with van der Waals surface area (Å²) in [7, 11) is 1.53. The van der Waals surface area contributed by atoms with Crippen molar-refractivity contribution in [3.05, 3.63) is 113 Å². The van der Waals surface area contributed by atoms with Gasteiger partial charge >= 0.3 is 5.91 Å². The molecule has 1 fully saturated rings. The van der Waals surface area contributed by atoms with E-state index < -0.39 is 17.7 Å². The molecule has 11 heteroatoms. The molecule has 0 spiro atoms. The Morgan fingerprint density at radius 2 is 1.85 bits per heavy atom. The van der Waals surface area contributed by atoms with Crippen LogP contribution < -0.4 is 14.4 Å². The van der Waals surface area contributed by atoms with Crippen LogP contribution in [-0.2, 0) is 15.3 Å². The van der Waals surface area contributed by atoms with Crippen molar-refractivity contribution >= 4 is 57.3 Å². The summed E-state index contributed by atoms with van der Waals surface area (Å²) in [6.45, 7) is 3.95. The number of methoxy groups -OCH3 is 1. The van der Waals surface area contributed by atoms with Crippen LogP contribution in [0.3, 0.4) is 0 Å². The van der Waals surface area contributed by atoms with Crippen molar-refractivity contribution in [2.75, 3.05) is 18.6 Å². The fourth-order valence-corrected chi connectivity index (χ4v) is 6.21. The highest BCUT2D eigenvalue weighted by Crippen LogP contribution is 2.44. The quantitative estimate of drug-likeness (QED) is 0.0533. The molecule has 3 aromatic carbocycles. The maximum Gasteiger partial charge on any atom is 0.301 e. The van der Waals surface area contributed by atoms with Crippen LogP contribution in [0.2, 0.25) is 5.02 Å². The summed E-state index contributed by atoms with van der Waals surface area (Å²) in [4.78, 5) is 28.3. The third-order valence-corrected chi connectivity index (χ3v) is 8.61. The van der Waals surface area contributed by atoms with Gasteiger partial charge in [0.2, 0.25) is 5.13 Å². The highest BCUT2D eigenvalue weighted by molar-refractivity contribution is 8.00. The molecule has 8 nitrogen and oxygen atoms in total. The van der Waals surface area contributed by atoms with Crippen LogP contribution >= 0.6 is 34.7 Å². The summed E-state index contributed by atoms with van der Waals surface area (Å²) >= 11 is 8.63. The summed E-state index contributed by atoms with van der Waals surface area (Å²) < 4.78 is 11.5. The summed E-state index contributed by atoms with van der Waals surface area (Å²) in [6, 6.07) is 20.1. The van der Waals surface area contributed by atoms with Crippen LogP contribution in [0.5, 0.6) is 11.5 Å². The van der Waals surface area contributed by atoms with E-state index in [9.17, 15) is 14.7 Å². The van der Waals surface area contributed by atoms with Gasteiger partial charge in [-0.1, -0.05) is 71.6 Å². The number of thioether (sulfide) groups is 1. The molecule has 1 aromatic heterocycles. The highest BCUT2D eigenvalue weighted by atomic mass is 35.5. The molecule has 5 rings (SSSR count). The Morgan fingerprint density at radius 3 is 2.56 bits per heavy atom. The number of ether oxygens (including phenoxy) is 2. The fraction of sp³-hybridized carbons (Fsp3) is 0.133. The van der Waals surface area contributed by atoms with Crippen LogP contribution in [0.1, 0.15) is 22.7 Å². The molecule has 1 aliphatic rings. The van der Waals surface area contributed by atoms with Crippen LogP contribution in [0, 0.1) is 0 Å². The fourth-order valence-electron chi connectivity index (χ4n) is 4.26. The summed E-state index contributed by atoms with van der Waals surface area (Å²) in [5.74, 6) is -0.220. The van der Waals surface area contributed by atoms with E-state index in [1.165, 1.54) is 35.1 Å². The van der Waals surface area contributed by atoms with E-state index in [1.807, 2.05) is 24.3 Å². The Balaban J connectivity index is 1.54. The van der Waals surface area contributed by atoms with Gasteiger partial charge in [0.05, 0.1) is 18.7 Å². The number of Topliss-reactive ketones (excluding diaryl/α,β-unsaturated/α-hetero) is 1. The number of benzene rings is 3. The van der Waals surface area contributed by atoms with Gasteiger partial charge in [-0.05, 0) is 59.7 Å². The van der Waals surface area contributed by atoms with Crippen molar-refractivity contribution in [2.45, 2.75) is 16.1 Å². The first-order valence-electron chi connectivity index (χ1n) is 12.4. The number of hydrogen-bond donors (Lipinski definition) is 1. The van der Waals surface area contributed by atoms with Crippen molar-refractivity contribution in [1.29, 1.82) is 0 Å². The average molecular weight is 606 g/mol. The minimum Gasteiger partial charge on any atom is -0.507 e. The minimum absolute atomic E-state index is 0.0633. The first-order chi connectivity index (χ1) is 19.9. The average Bonchev–Trinajstić information content (AvgIpc) is 3.57. The zero-order valence-electron chi connectivity index (χ0n) is 21.8. The number of hydrogen-bond acceptors (Lipinski definition) is 9. The molecule has 4 aromatic rings.